The van der Waals surface area contributed by atoms with Gasteiger partial charge >= 0.3 is 0 Å². The van der Waals surface area contributed by atoms with Gasteiger partial charge in [0.1, 0.15) is 21.1 Å². The minimum absolute atomic E-state index is 0.0733. The summed E-state index contributed by atoms with van der Waals surface area (Å²) in [6, 6.07) is 9.46. The van der Waals surface area contributed by atoms with Gasteiger partial charge in [0.05, 0.1) is 18.3 Å². The second-order valence-electron chi connectivity index (χ2n) is 6.04. The molecule has 0 bridgehead atoms. The van der Waals surface area contributed by atoms with Crippen LogP contribution in [0, 0.1) is 20.8 Å². The van der Waals surface area contributed by atoms with E-state index in [1.807, 2.05) is 51.1 Å². The Bertz CT molecular complexity index is 1190. The minimum Gasteiger partial charge on any atom is -0.497 e. The van der Waals surface area contributed by atoms with Gasteiger partial charge in [-0.15, -0.1) is 11.3 Å². The van der Waals surface area contributed by atoms with Crippen LogP contribution in [0.5, 0.6) is 5.75 Å². The fraction of sp³-hybridized carbons (Fsp3) is 0.211. The summed E-state index contributed by atoms with van der Waals surface area (Å²) in [5, 5.41) is 0.976. The van der Waals surface area contributed by atoms with Crippen molar-refractivity contribution in [2.24, 2.45) is 0 Å². The lowest BCUT2D eigenvalue weighted by atomic mass is 10.1. The van der Waals surface area contributed by atoms with E-state index < -0.39 is 0 Å². The Morgan fingerprint density at radius 2 is 1.92 bits per heavy atom. The number of hydrogen-bond donors (Lipinski definition) is 0. The van der Waals surface area contributed by atoms with Crippen molar-refractivity contribution in [1.82, 2.24) is 14.5 Å². The number of aromatic nitrogens is 3. The molecule has 3 aromatic heterocycles. The van der Waals surface area contributed by atoms with E-state index in [4.69, 9.17) is 9.72 Å². The Labute approximate surface area is 148 Å². The highest BCUT2D eigenvalue weighted by Gasteiger charge is 2.17. The summed E-state index contributed by atoms with van der Waals surface area (Å²) < 4.78 is 7.53. The van der Waals surface area contributed by atoms with Crippen molar-refractivity contribution in [2.75, 3.05) is 7.11 Å². The lowest BCUT2D eigenvalue weighted by Crippen LogP contribution is -2.21. The van der Waals surface area contributed by atoms with Crippen LogP contribution in [0.1, 0.15) is 17.1 Å². The molecule has 0 saturated carbocycles. The van der Waals surface area contributed by atoms with Gasteiger partial charge in [0.2, 0.25) is 0 Å². The van der Waals surface area contributed by atoms with E-state index in [1.54, 1.807) is 11.7 Å². The molecule has 0 amide bonds. The molecule has 5 nitrogen and oxygen atoms in total. The quantitative estimate of drug-likeness (QED) is 0.549. The summed E-state index contributed by atoms with van der Waals surface area (Å²) in [4.78, 5) is 23.4. The smallest absolute Gasteiger partial charge is 0.276 e. The maximum atomic E-state index is 13.2. The van der Waals surface area contributed by atoms with Crippen LogP contribution in [-0.2, 0) is 0 Å². The van der Waals surface area contributed by atoms with Crippen molar-refractivity contribution >= 4 is 31.8 Å². The van der Waals surface area contributed by atoms with Crippen LogP contribution < -0.4 is 10.3 Å². The fourth-order valence-electron chi connectivity index (χ4n) is 3.19. The zero-order valence-electron chi connectivity index (χ0n) is 14.5. The molecular weight excluding hydrogens is 334 g/mol. The fourth-order valence-corrected chi connectivity index (χ4v) is 4.35. The molecule has 4 aromatic rings. The van der Waals surface area contributed by atoms with E-state index in [-0.39, 0.29) is 5.56 Å². The average Bonchev–Trinajstić information content (AvgIpc) is 2.93. The Kier molecular flexibility index (Phi) is 3.58. The number of pyridine rings is 1. The van der Waals surface area contributed by atoms with Crippen LogP contribution in [0.2, 0.25) is 0 Å². The summed E-state index contributed by atoms with van der Waals surface area (Å²) >= 11 is 1.41. The van der Waals surface area contributed by atoms with Crippen molar-refractivity contribution in [3.63, 3.8) is 0 Å². The zero-order chi connectivity index (χ0) is 17.7. The summed E-state index contributed by atoms with van der Waals surface area (Å²) in [7, 11) is 1.61. The molecule has 0 atom stereocenters. The third kappa shape index (κ3) is 2.41. The molecule has 0 aliphatic rings. The van der Waals surface area contributed by atoms with Gasteiger partial charge < -0.3 is 4.74 Å². The lowest BCUT2D eigenvalue weighted by molar-refractivity contribution is 0.414. The maximum absolute atomic E-state index is 13.2. The van der Waals surface area contributed by atoms with Gasteiger partial charge in [-0.05, 0) is 44.5 Å². The highest BCUT2D eigenvalue weighted by atomic mass is 32.1. The lowest BCUT2D eigenvalue weighted by Gasteiger charge is -2.10. The van der Waals surface area contributed by atoms with E-state index in [0.29, 0.717) is 16.3 Å². The highest BCUT2D eigenvalue weighted by Crippen LogP contribution is 2.32. The molecular formula is C19H17N3O2S. The predicted octanol–water partition coefficient (Wildman–Crippen LogP) is 3.93. The number of rotatable bonds is 2. The first-order valence-corrected chi connectivity index (χ1v) is 8.76. The second-order valence-corrected chi connectivity index (χ2v) is 7.04. The number of thiophene rings is 1. The molecule has 0 saturated heterocycles. The Hall–Kier alpha value is -2.73. The van der Waals surface area contributed by atoms with E-state index in [1.165, 1.54) is 11.3 Å². The van der Waals surface area contributed by atoms with E-state index >= 15 is 0 Å². The van der Waals surface area contributed by atoms with E-state index in [0.717, 1.165) is 32.7 Å². The molecule has 0 N–H and O–H groups in total. The molecule has 25 heavy (non-hydrogen) atoms. The van der Waals surface area contributed by atoms with Crippen LogP contribution in [0.3, 0.4) is 0 Å². The summed E-state index contributed by atoms with van der Waals surface area (Å²) in [5.74, 6) is 1.35. The Morgan fingerprint density at radius 1 is 1.12 bits per heavy atom. The first kappa shape index (κ1) is 15.8. The second kappa shape index (κ2) is 5.67. The van der Waals surface area contributed by atoms with Crippen LogP contribution in [0.15, 0.2) is 35.1 Å². The molecule has 0 aliphatic carbocycles. The number of aryl methyl sites for hydroxylation is 3. The number of benzene rings is 1. The third-order valence-electron chi connectivity index (χ3n) is 4.27. The number of nitrogens with zero attached hydrogens (tertiary/aromatic N) is 3. The van der Waals surface area contributed by atoms with Crippen molar-refractivity contribution in [3.8, 4) is 11.4 Å². The van der Waals surface area contributed by atoms with E-state index in [9.17, 15) is 4.79 Å². The summed E-state index contributed by atoms with van der Waals surface area (Å²) in [5.41, 5.74) is 3.46. The molecule has 0 unspecified atom stereocenters. The van der Waals surface area contributed by atoms with Gasteiger partial charge in [0.15, 0.2) is 0 Å². The average molecular weight is 351 g/mol. The van der Waals surface area contributed by atoms with Gasteiger partial charge in [-0.2, -0.15) is 0 Å². The van der Waals surface area contributed by atoms with Crippen LogP contribution >= 0.6 is 11.3 Å². The third-order valence-corrected chi connectivity index (χ3v) is 5.33. The number of ether oxygens (including phenoxy) is 1. The van der Waals surface area contributed by atoms with Crippen LogP contribution in [-0.4, -0.2) is 21.6 Å². The SMILES string of the molecule is COc1cccc(-n2c(C)nc3c(sc4nc(C)cc(C)c43)c2=O)c1. The summed E-state index contributed by atoms with van der Waals surface area (Å²) in [6.45, 7) is 5.85. The van der Waals surface area contributed by atoms with Crippen molar-refractivity contribution in [3.05, 3.63) is 57.8 Å². The molecule has 3 heterocycles. The molecule has 126 valence electrons. The molecule has 0 fully saturated rings. The topological polar surface area (TPSA) is 57.0 Å². The Balaban J connectivity index is 2.10. The molecule has 0 spiro atoms. The first-order valence-electron chi connectivity index (χ1n) is 7.94. The normalized spacial score (nSPS) is 11.4. The molecule has 4 rings (SSSR count). The van der Waals surface area contributed by atoms with Crippen molar-refractivity contribution in [1.29, 1.82) is 0 Å². The molecule has 0 radical (unpaired) electrons. The minimum atomic E-state index is -0.0733. The monoisotopic (exact) mass is 351 g/mol. The van der Waals surface area contributed by atoms with Crippen molar-refractivity contribution < 1.29 is 4.74 Å². The largest absolute Gasteiger partial charge is 0.497 e. The van der Waals surface area contributed by atoms with E-state index in [2.05, 4.69) is 4.98 Å². The number of hydrogen-bond acceptors (Lipinski definition) is 5. The molecule has 0 aliphatic heterocycles. The van der Waals surface area contributed by atoms with Crippen LogP contribution in [0.25, 0.3) is 26.1 Å². The van der Waals surface area contributed by atoms with Gasteiger partial charge in [-0.1, -0.05) is 6.07 Å². The zero-order valence-corrected chi connectivity index (χ0v) is 15.3. The Morgan fingerprint density at radius 3 is 2.68 bits per heavy atom. The molecule has 1 aromatic carbocycles. The van der Waals surface area contributed by atoms with Gasteiger partial charge in [0.25, 0.3) is 5.56 Å². The number of methoxy groups -OCH3 is 1. The highest BCUT2D eigenvalue weighted by molar-refractivity contribution is 7.25. The molecule has 6 heteroatoms. The van der Waals surface area contributed by atoms with Gasteiger partial charge in [-0.25, -0.2) is 9.97 Å². The van der Waals surface area contributed by atoms with Crippen molar-refractivity contribution in [2.45, 2.75) is 20.8 Å². The number of fused-ring (bicyclic) bond motifs is 3. The van der Waals surface area contributed by atoms with Gasteiger partial charge in [-0.3, -0.25) is 9.36 Å². The van der Waals surface area contributed by atoms with Gasteiger partial charge in [0, 0.05) is 17.1 Å². The first-order chi connectivity index (χ1) is 12.0. The van der Waals surface area contributed by atoms with Crippen LogP contribution in [0.4, 0.5) is 0 Å². The standard InChI is InChI=1S/C19H17N3O2S/c1-10-8-11(2)20-18-15(10)16-17(25-18)19(23)22(12(3)21-16)13-6-5-7-14(9-13)24-4/h5-9H,1-4H3. The predicted molar refractivity (Wildman–Crippen MR) is 101 cm³/mol. The summed E-state index contributed by atoms with van der Waals surface area (Å²) in [6.07, 6.45) is 0. The maximum Gasteiger partial charge on any atom is 0.276 e.